The summed E-state index contributed by atoms with van der Waals surface area (Å²) in [5, 5.41) is 6.50. The second-order valence-electron chi connectivity index (χ2n) is 7.60. The molecule has 166 valence electrons. The molecule has 7 nitrogen and oxygen atoms in total. The number of nitrogens with one attached hydrogen (secondary N) is 2. The van der Waals surface area contributed by atoms with Crippen molar-refractivity contribution < 1.29 is 14.3 Å². The Morgan fingerprint density at radius 1 is 1.09 bits per heavy atom. The third-order valence-electron chi connectivity index (χ3n) is 5.60. The number of anilines is 1. The summed E-state index contributed by atoms with van der Waals surface area (Å²) in [4.78, 5) is 19.7. The van der Waals surface area contributed by atoms with Crippen LogP contribution in [0.25, 0.3) is 0 Å². The Labute approximate surface area is 188 Å². The Kier molecular flexibility index (Phi) is 6.87. The van der Waals surface area contributed by atoms with Gasteiger partial charge >= 0.3 is 0 Å². The van der Waals surface area contributed by atoms with Crippen LogP contribution in [-0.4, -0.2) is 44.7 Å². The van der Waals surface area contributed by atoms with Crippen molar-refractivity contribution in [3.63, 3.8) is 0 Å². The lowest BCUT2D eigenvalue weighted by Gasteiger charge is -2.35. The highest BCUT2D eigenvalue weighted by Gasteiger charge is 2.22. The number of aromatic nitrogens is 1. The molecule has 1 aliphatic rings. The fourth-order valence-electron chi connectivity index (χ4n) is 3.86. The highest BCUT2D eigenvalue weighted by Crippen LogP contribution is 2.25. The molecule has 1 saturated heterocycles. The van der Waals surface area contributed by atoms with E-state index in [9.17, 15) is 4.79 Å². The van der Waals surface area contributed by atoms with Gasteiger partial charge in [0, 0.05) is 43.9 Å². The summed E-state index contributed by atoms with van der Waals surface area (Å²) in [6, 6.07) is 21.7. The van der Waals surface area contributed by atoms with Gasteiger partial charge in [0.15, 0.2) is 0 Å². The van der Waals surface area contributed by atoms with Crippen LogP contribution in [0, 0.1) is 0 Å². The summed E-state index contributed by atoms with van der Waals surface area (Å²) >= 11 is 0. The summed E-state index contributed by atoms with van der Waals surface area (Å²) in [6.07, 6.45) is 0. The molecular weight excluding hydrogens is 404 g/mol. The number of ether oxygens (including phenoxy) is 2. The van der Waals surface area contributed by atoms with Crippen molar-refractivity contribution in [2.45, 2.75) is 12.6 Å². The monoisotopic (exact) mass is 432 g/mol. The van der Waals surface area contributed by atoms with Crippen molar-refractivity contribution in [1.29, 1.82) is 0 Å². The summed E-state index contributed by atoms with van der Waals surface area (Å²) in [5.74, 6) is 1.96. The quantitative estimate of drug-likeness (QED) is 0.597. The first-order valence-electron chi connectivity index (χ1n) is 10.7. The summed E-state index contributed by atoms with van der Waals surface area (Å²) in [5.41, 5.74) is 2.51. The zero-order valence-corrected chi connectivity index (χ0v) is 18.4. The third-order valence-corrected chi connectivity index (χ3v) is 5.60. The van der Waals surface area contributed by atoms with Crippen LogP contribution in [0.1, 0.15) is 27.7 Å². The molecule has 0 unspecified atom stereocenters. The van der Waals surface area contributed by atoms with E-state index in [1.54, 1.807) is 26.4 Å². The second kappa shape index (κ2) is 10.2. The Morgan fingerprint density at radius 3 is 2.72 bits per heavy atom. The smallest absolute Gasteiger partial charge is 0.270 e. The zero-order valence-electron chi connectivity index (χ0n) is 18.4. The number of rotatable bonds is 7. The van der Waals surface area contributed by atoms with Crippen molar-refractivity contribution in [1.82, 2.24) is 15.6 Å². The first-order valence-corrected chi connectivity index (χ1v) is 10.7. The van der Waals surface area contributed by atoms with Crippen LogP contribution in [0.5, 0.6) is 11.5 Å². The fraction of sp³-hybridized carbons (Fsp3) is 0.280. The normalized spacial score (nSPS) is 15.8. The van der Waals surface area contributed by atoms with E-state index in [0.717, 1.165) is 31.0 Å². The Hall–Kier alpha value is -3.58. The maximum atomic E-state index is 12.8. The first-order chi connectivity index (χ1) is 15.7. The average molecular weight is 433 g/mol. The molecule has 1 amide bonds. The number of hydrogen-bond acceptors (Lipinski definition) is 6. The largest absolute Gasteiger partial charge is 0.497 e. The predicted molar refractivity (Wildman–Crippen MR) is 124 cm³/mol. The number of piperazine rings is 1. The molecule has 3 aromatic rings. The van der Waals surface area contributed by atoms with Gasteiger partial charge in [-0.2, -0.15) is 0 Å². The summed E-state index contributed by atoms with van der Waals surface area (Å²) in [6.45, 7) is 2.83. The maximum absolute atomic E-state index is 12.8. The Bertz CT molecular complexity index is 1060. The average Bonchev–Trinajstić information content (AvgIpc) is 2.87. The number of nitrogens with zero attached hydrogens (tertiary/aromatic N) is 2. The number of hydrogen-bond donors (Lipinski definition) is 2. The lowest BCUT2D eigenvalue weighted by molar-refractivity contribution is 0.0945. The molecule has 7 heteroatoms. The van der Waals surface area contributed by atoms with E-state index >= 15 is 0 Å². The molecule has 0 spiro atoms. The zero-order chi connectivity index (χ0) is 22.3. The van der Waals surface area contributed by atoms with E-state index in [-0.39, 0.29) is 11.9 Å². The van der Waals surface area contributed by atoms with Crippen LogP contribution >= 0.6 is 0 Å². The SMILES string of the molecule is COc1ccc(CNC(=O)c2cccc(N3CCN[C@H](c4ccccc4)C3)n2)c(OC)c1. The number of amides is 1. The van der Waals surface area contributed by atoms with Crippen molar-refractivity contribution in [2.75, 3.05) is 38.8 Å². The van der Waals surface area contributed by atoms with Gasteiger partial charge < -0.3 is 25.0 Å². The molecule has 1 fully saturated rings. The van der Waals surface area contributed by atoms with Gasteiger partial charge in [-0.15, -0.1) is 0 Å². The lowest BCUT2D eigenvalue weighted by Crippen LogP contribution is -2.46. The van der Waals surface area contributed by atoms with Crippen LogP contribution in [0.15, 0.2) is 66.7 Å². The van der Waals surface area contributed by atoms with Crippen LogP contribution < -0.4 is 25.0 Å². The minimum atomic E-state index is -0.223. The van der Waals surface area contributed by atoms with Gasteiger partial charge in [-0.3, -0.25) is 4.79 Å². The molecule has 0 radical (unpaired) electrons. The number of benzene rings is 2. The molecule has 0 aliphatic carbocycles. The highest BCUT2D eigenvalue weighted by molar-refractivity contribution is 5.92. The van der Waals surface area contributed by atoms with E-state index < -0.39 is 0 Å². The van der Waals surface area contributed by atoms with Crippen molar-refractivity contribution in [3.05, 3.63) is 83.6 Å². The topological polar surface area (TPSA) is 75.7 Å². The van der Waals surface area contributed by atoms with E-state index in [4.69, 9.17) is 9.47 Å². The molecular formula is C25H28N4O3. The Morgan fingerprint density at radius 2 is 1.94 bits per heavy atom. The lowest BCUT2D eigenvalue weighted by atomic mass is 10.0. The Balaban J connectivity index is 1.43. The van der Waals surface area contributed by atoms with Crippen LogP contribution in [-0.2, 0) is 6.54 Å². The first kappa shape index (κ1) is 21.6. The molecule has 0 bridgehead atoms. The van der Waals surface area contributed by atoms with E-state index in [1.165, 1.54) is 5.56 Å². The highest BCUT2D eigenvalue weighted by atomic mass is 16.5. The summed E-state index contributed by atoms with van der Waals surface area (Å²) < 4.78 is 10.6. The van der Waals surface area contributed by atoms with E-state index in [2.05, 4.69) is 44.8 Å². The predicted octanol–water partition coefficient (Wildman–Crippen LogP) is 3.18. The fourth-order valence-corrected chi connectivity index (χ4v) is 3.86. The van der Waals surface area contributed by atoms with Gasteiger partial charge in [0.1, 0.15) is 23.0 Å². The number of pyridine rings is 1. The molecule has 4 rings (SSSR count). The molecule has 2 heterocycles. The number of methoxy groups -OCH3 is 2. The maximum Gasteiger partial charge on any atom is 0.270 e. The van der Waals surface area contributed by atoms with E-state index in [0.29, 0.717) is 23.7 Å². The third kappa shape index (κ3) is 5.00. The van der Waals surface area contributed by atoms with Gasteiger partial charge in [-0.25, -0.2) is 4.98 Å². The van der Waals surface area contributed by atoms with Gasteiger partial charge in [-0.1, -0.05) is 36.4 Å². The van der Waals surface area contributed by atoms with Crippen molar-refractivity contribution in [3.8, 4) is 11.5 Å². The summed E-state index contributed by atoms with van der Waals surface area (Å²) in [7, 11) is 3.21. The van der Waals surface area contributed by atoms with Gasteiger partial charge in [0.2, 0.25) is 0 Å². The standard InChI is InChI=1S/C25H28N4O3/c1-31-20-12-11-19(23(15-20)32-2)16-27-25(30)21-9-6-10-24(28-21)29-14-13-26-22(17-29)18-7-4-3-5-8-18/h3-12,15,22,26H,13-14,16-17H2,1-2H3,(H,27,30)/t22-/m0/s1. The number of carbonyl (C=O) groups excluding carboxylic acids is 1. The van der Waals surface area contributed by atoms with Crippen LogP contribution in [0.4, 0.5) is 5.82 Å². The van der Waals surface area contributed by atoms with Crippen molar-refractivity contribution >= 4 is 11.7 Å². The second-order valence-corrected chi connectivity index (χ2v) is 7.60. The molecule has 1 aliphatic heterocycles. The van der Waals surface area contributed by atoms with Crippen molar-refractivity contribution in [2.24, 2.45) is 0 Å². The van der Waals surface area contributed by atoms with E-state index in [1.807, 2.05) is 30.3 Å². The minimum Gasteiger partial charge on any atom is -0.497 e. The van der Waals surface area contributed by atoms with Gasteiger partial charge in [0.25, 0.3) is 5.91 Å². The minimum absolute atomic E-state index is 0.223. The van der Waals surface area contributed by atoms with Gasteiger partial charge in [-0.05, 0) is 29.8 Å². The van der Waals surface area contributed by atoms with Gasteiger partial charge in [0.05, 0.1) is 14.2 Å². The molecule has 32 heavy (non-hydrogen) atoms. The van der Waals surface area contributed by atoms with Crippen LogP contribution in [0.3, 0.4) is 0 Å². The number of carbonyl (C=O) groups is 1. The molecule has 1 atom stereocenters. The molecule has 1 aromatic heterocycles. The van der Waals surface area contributed by atoms with Crippen LogP contribution in [0.2, 0.25) is 0 Å². The molecule has 2 N–H and O–H groups in total. The molecule has 2 aromatic carbocycles. The molecule has 0 saturated carbocycles.